The van der Waals surface area contributed by atoms with Crippen LogP contribution in [0.3, 0.4) is 0 Å². The van der Waals surface area contributed by atoms with Gasteiger partial charge in [0.1, 0.15) is 6.61 Å². The molecule has 72 valence electrons. The number of ether oxygens (including phenoxy) is 1. The van der Waals surface area contributed by atoms with Crippen molar-refractivity contribution in [2.24, 2.45) is 5.92 Å². The fraction of sp³-hybridized carbons (Fsp3) is 0.875. The first-order chi connectivity index (χ1) is 5.39. The van der Waals surface area contributed by atoms with Crippen molar-refractivity contribution < 1.29 is 9.53 Å². The van der Waals surface area contributed by atoms with Gasteiger partial charge in [-0.05, 0) is 25.6 Å². The number of nitrogens with one attached hydrogen (secondary N) is 1. The molecule has 0 fully saturated rings. The maximum Gasteiger partial charge on any atom is 0.308 e. The van der Waals surface area contributed by atoms with Crippen LogP contribution in [0.1, 0.15) is 27.7 Å². The monoisotopic (exact) mass is 193 g/mol. The number of carbonyl (C=O) groups is 1. The van der Waals surface area contributed by atoms with Gasteiger partial charge in [0.25, 0.3) is 0 Å². The van der Waals surface area contributed by atoms with Gasteiger partial charge in [-0.25, -0.2) is 4.84 Å². The molecular formula is C8H16ClNO2. The van der Waals surface area contributed by atoms with Gasteiger partial charge in [-0.3, -0.25) is 4.79 Å². The van der Waals surface area contributed by atoms with Crippen molar-refractivity contribution in [2.75, 3.05) is 6.61 Å². The molecule has 0 aliphatic carbocycles. The van der Waals surface area contributed by atoms with Gasteiger partial charge in [-0.1, -0.05) is 13.8 Å². The van der Waals surface area contributed by atoms with Gasteiger partial charge < -0.3 is 4.74 Å². The van der Waals surface area contributed by atoms with Crippen molar-refractivity contribution in [3.8, 4) is 0 Å². The molecule has 0 amide bonds. The SMILES string of the molecule is CC(C)C(=O)OCC(C)(C)NCl. The zero-order valence-electron chi connectivity index (χ0n) is 7.98. The van der Waals surface area contributed by atoms with Crippen molar-refractivity contribution in [3.05, 3.63) is 0 Å². The molecule has 0 bridgehead atoms. The average Bonchev–Trinajstić information content (AvgIpc) is 2.00. The van der Waals surface area contributed by atoms with E-state index in [1.165, 1.54) is 0 Å². The van der Waals surface area contributed by atoms with E-state index >= 15 is 0 Å². The van der Waals surface area contributed by atoms with E-state index in [0.29, 0.717) is 0 Å². The predicted molar refractivity (Wildman–Crippen MR) is 48.9 cm³/mol. The van der Waals surface area contributed by atoms with Crippen LogP contribution in [-0.2, 0) is 9.53 Å². The molecule has 0 saturated carbocycles. The van der Waals surface area contributed by atoms with Crippen molar-refractivity contribution >= 4 is 17.7 Å². The molecule has 12 heavy (non-hydrogen) atoms. The van der Waals surface area contributed by atoms with Crippen LogP contribution in [0.4, 0.5) is 0 Å². The van der Waals surface area contributed by atoms with E-state index in [9.17, 15) is 4.79 Å². The molecular weight excluding hydrogens is 178 g/mol. The third kappa shape index (κ3) is 4.57. The summed E-state index contributed by atoms with van der Waals surface area (Å²) in [6.45, 7) is 7.58. The molecule has 0 aromatic rings. The van der Waals surface area contributed by atoms with E-state index in [4.69, 9.17) is 16.5 Å². The third-order valence-electron chi connectivity index (χ3n) is 1.30. The zero-order valence-corrected chi connectivity index (χ0v) is 8.73. The predicted octanol–water partition coefficient (Wildman–Crippen LogP) is 1.71. The lowest BCUT2D eigenvalue weighted by Crippen LogP contribution is -2.39. The molecule has 0 aliphatic heterocycles. The zero-order chi connectivity index (χ0) is 9.78. The Hall–Kier alpha value is -0.280. The Balaban J connectivity index is 3.76. The van der Waals surface area contributed by atoms with Crippen molar-refractivity contribution in [2.45, 2.75) is 33.2 Å². The highest BCUT2D eigenvalue weighted by atomic mass is 35.5. The normalized spacial score (nSPS) is 11.8. The second kappa shape index (κ2) is 4.67. The van der Waals surface area contributed by atoms with E-state index in [1.807, 2.05) is 13.8 Å². The summed E-state index contributed by atoms with van der Waals surface area (Å²) in [6.07, 6.45) is 0. The smallest absolute Gasteiger partial charge is 0.308 e. The molecule has 0 aromatic carbocycles. The van der Waals surface area contributed by atoms with Crippen LogP contribution in [-0.4, -0.2) is 18.1 Å². The van der Waals surface area contributed by atoms with E-state index in [0.717, 1.165) is 0 Å². The Kier molecular flexibility index (Phi) is 4.57. The molecule has 0 radical (unpaired) electrons. The van der Waals surface area contributed by atoms with E-state index in [2.05, 4.69) is 4.84 Å². The van der Waals surface area contributed by atoms with Crippen LogP contribution >= 0.6 is 11.8 Å². The second-order valence-electron chi connectivity index (χ2n) is 3.74. The largest absolute Gasteiger partial charge is 0.463 e. The topological polar surface area (TPSA) is 38.3 Å². The van der Waals surface area contributed by atoms with Crippen molar-refractivity contribution in [1.29, 1.82) is 0 Å². The van der Waals surface area contributed by atoms with Crippen molar-refractivity contribution in [3.63, 3.8) is 0 Å². The summed E-state index contributed by atoms with van der Waals surface area (Å²) < 4.78 is 4.97. The highest BCUT2D eigenvalue weighted by Gasteiger charge is 2.19. The first-order valence-corrected chi connectivity index (χ1v) is 4.31. The number of halogens is 1. The summed E-state index contributed by atoms with van der Waals surface area (Å²) in [5.41, 5.74) is -0.369. The Morgan fingerprint density at radius 2 is 2.08 bits per heavy atom. The van der Waals surface area contributed by atoms with Gasteiger partial charge in [-0.2, -0.15) is 0 Å². The number of esters is 1. The number of rotatable bonds is 4. The Labute approximate surface area is 78.5 Å². The van der Waals surface area contributed by atoms with Gasteiger partial charge in [-0.15, -0.1) is 0 Å². The summed E-state index contributed by atoms with van der Waals surface area (Å²) >= 11 is 5.41. The lowest BCUT2D eigenvalue weighted by Gasteiger charge is -2.22. The van der Waals surface area contributed by atoms with Crippen LogP contribution in [0.25, 0.3) is 0 Å². The van der Waals surface area contributed by atoms with Crippen molar-refractivity contribution in [1.82, 2.24) is 4.84 Å². The fourth-order valence-corrected chi connectivity index (χ4v) is 0.500. The summed E-state index contributed by atoms with van der Waals surface area (Å²) in [7, 11) is 0. The highest BCUT2D eigenvalue weighted by Crippen LogP contribution is 2.05. The number of hydrogen-bond donors (Lipinski definition) is 1. The van der Waals surface area contributed by atoms with Gasteiger partial charge in [0.15, 0.2) is 0 Å². The molecule has 0 spiro atoms. The maximum absolute atomic E-state index is 11.0. The second-order valence-corrected chi connectivity index (χ2v) is 3.93. The molecule has 0 aliphatic rings. The summed E-state index contributed by atoms with van der Waals surface area (Å²) in [4.78, 5) is 13.5. The Morgan fingerprint density at radius 3 is 2.42 bits per heavy atom. The fourth-order valence-electron chi connectivity index (χ4n) is 0.445. The van der Waals surface area contributed by atoms with Crippen LogP contribution < -0.4 is 4.84 Å². The molecule has 0 unspecified atom stereocenters. The van der Waals surface area contributed by atoms with Crippen LogP contribution in [0.2, 0.25) is 0 Å². The van der Waals surface area contributed by atoms with Gasteiger partial charge in [0.2, 0.25) is 0 Å². The maximum atomic E-state index is 11.0. The average molecular weight is 194 g/mol. The standard InChI is InChI=1S/C8H16ClNO2/c1-6(2)7(11)12-5-8(3,4)10-9/h6,10H,5H2,1-4H3. The van der Waals surface area contributed by atoms with E-state index < -0.39 is 0 Å². The molecule has 0 atom stereocenters. The molecule has 0 heterocycles. The van der Waals surface area contributed by atoms with Crippen LogP contribution in [0.15, 0.2) is 0 Å². The van der Waals surface area contributed by atoms with Gasteiger partial charge in [0.05, 0.1) is 11.5 Å². The third-order valence-corrected chi connectivity index (χ3v) is 1.81. The molecule has 0 rings (SSSR count). The first kappa shape index (κ1) is 11.7. The molecule has 0 saturated heterocycles. The summed E-state index contributed by atoms with van der Waals surface area (Å²) in [5.74, 6) is -0.286. The lowest BCUT2D eigenvalue weighted by molar-refractivity contribution is -0.149. The summed E-state index contributed by atoms with van der Waals surface area (Å²) in [6, 6.07) is 0. The summed E-state index contributed by atoms with van der Waals surface area (Å²) in [5, 5.41) is 0. The molecule has 3 nitrogen and oxygen atoms in total. The lowest BCUT2D eigenvalue weighted by atomic mass is 10.1. The first-order valence-electron chi connectivity index (χ1n) is 3.93. The minimum atomic E-state index is -0.369. The van der Waals surface area contributed by atoms with Crippen LogP contribution in [0, 0.1) is 5.92 Å². The Bertz CT molecular complexity index is 157. The van der Waals surface area contributed by atoms with E-state index in [1.54, 1.807) is 13.8 Å². The molecule has 1 N–H and O–H groups in total. The minimum absolute atomic E-state index is 0.0869. The number of hydrogen-bond acceptors (Lipinski definition) is 3. The van der Waals surface area contributed by atoms with Gasteiger partial charge in [0, 0.05) is 0 Å². The molecule has 0 aromatic heterocycles. The number of carbonyl (C=O) groups excluding carboxylic acids is 1. The van der Waals surface area contributed by atoms with E-state index in [-0.39, 0.29) is 24.0 Å². The molecule has 4 heteroatoms. The minimum Gasteiger partial charge on any atom is -0.463 e. The van der Waals surface area contributed by atoms with Gasteiger partial charge >= 0.3 is 5.97 Å². The van der Waals surface area contributed by atoms with Crippen LogP contribution in [0.5, 0.6) is 0 Å². The highest BCUT2D eigenvalue weighted by molar-refractivity contribution is 6.13. The Morgan fingerprint density at radius 1 is 1.58 bits per heavy atom. The quantitative estimate of drug-likeness (QED) is 0.546.